The zero-order chi connectivity index (χ0) is 17.8. The van der Waals surface area contributed by atoms with Crippen molar-refractivity contribution in [3.63, 3.8) is 0 Å². The van der Waals surface area contributed by atoms with Crippen LogP contribution in [0.5, 0.6) is 5.75 Å². The molecule has 5 nitrogen and oxygen atoms in total. The van der Waals surface area contributed by atoms with Gasteiger partial charge in [-0.05, 0) is 23.1 Å². The Morgan fingerprint density at radius 1 is 1.08 bits per heavy atom. The fourth-order valence-electron chi connectivity index (χ4n) is 2.91. The summed E-state index contributed by atoms with van der Waals surface area (Å²) in [4.78, 5) is 0. The topological polar surface area (TPSA) is 69.4 Å². The molecule has 0 aliphatic heterocycles. The van der Waals surface area contributed by atoms with Crippen LogP contribution in [0.15, 0.2) is 48.5 Å². The lowest BCUT2D eigenvalue weighted by Gasteiger charge is -2.18. The summed E-state index contributed by atoms with van der Waals surface area (Å²) in [5.74, 6) is 1.21. The van der Waals surface area contributed by atoms with Crippen molar-refractivity contribution in [2.45, 2.75) is 20.3 Å². The summed E-state index contributed by atoms with van der Waals surface area (Å²) in [6.07, 6.45) is 1.90. The van der Waals surface area contributed by atoms with Crippen molar-refractivity contribution >= 4 is 33.6 Å². The van der Waals surface area contributed by atoms with Crippen molar-refractivity contribution < 1.29 is 15.1 Å². The smallest absolute Gasteiger partial charge is 0.274 e. The minimum Gasteiger partial charge on any atom is -0.717 e. The van der Waals surface area contributed by atoms with E-state index < -0.39 is 0 Å². The molecule has 0 heterocycles. The van der Waals surface area contributed by atoms with Gasteiger partial charge in [-0.1, -0.05) is 56.7 Å². The Labute approximate surface area is 146 Å². The van der Waals surface area contributed by atoms with Gasteiger partial charge >= 0.3 is 0 Å². The Morgan fingerprint density at radius 3 is 2.08 bits per heavy atom. The standard InChI is InChI=1S/C20H21N2O3/c1-3-14(2)12-25-20-17-10-6-4-8-15(17)19(22(24)13-21-23)16-9-5-7-11-18(16)20/h4-11,13-14,21H,3,12H2,1-2H3. The summed E-state index contributed by atoms with van der Waals surface area (Å²) in [6.45, 7) is 4.89. The molecule has 0 saturated heterocycles. The summed E-state index contributed by atoms with van der Waals surface area (Å²) >= 11 is 0. The zero-order valence-corrected chi connectivity index (χ0v) is 14.4. The molecule has 1 atom stereocenters. The average Bonchev–Trinajstić information content (AvgIpc) is 2.64. The normalized spacial score (nSPS) is 12.8. The number of nitrogens with one attached hydrogen (secondary N) is 1. The molecule has 0 aliphatic rings. The first-order valence-electron chi connectivity index (χ1n) is 8.41. The van der Waals surface area contributed by atoms with E-state index in [9.17, 15) is 10.4 Å². The molecule has 3 aromatic rings. The van der Waals surface area contributed by atoms with E-state index in [0.717, 1.165) is 40.1 Å². The maximum atomic E-state index is 12.5. The molecule has 25 heavy (non-hydrogen) atoms. The van der Waals surface area contributed by atoms with Crippen molar-refractivity contribution in [1.82, 2.24) is 0 Å². The van der Waals surface area contributed by atoms with Crippen LogP contribution in [0, 0.1) is 11.1 Å². The molecular formula is C20H21N2O3. The molecule has 0 bridgehead atoms. The largest absolute Gasteiger partial charge is 0.717 e. The monoisotopic (exact) mass is 337 g/mol. The molecule has 0 spiro atoms. The lowest BCUT2D eigenvalue weighted by atomic mass is 9.99. The van der Waals surface area contributed by atoms with Crippen molar-refractivity contribution in [3.05, 3.63) is 53.7 Å². The molecule has 0 aliphatic carbocycles. The highest BCUT2D eigenvalue weighted by Crippen LogP contribution is 2.42. The molecule has 0 fully saturated rings. The van der Waals surface area contributed by atoms with Gasteiger partial charge in [-0.3, -0.25) is 5.16 Å². The molecule has 1 N–H and O–H groups in total. The quantitative estimate of drug-likeness (QED) is 0.247. The van der Waals surface area contributed by atoms with Crippen LogP contribution in [0.3, 0.4) is 0 Å². The minimum atomic E-state index is 0.436. The van der Waals surface area contributed by atoms with Crippen LogP contribution in [0.25, 0.3) is 21.5 Å². The van der Waals surface area contributed by atoms with Crippen LogP contribution in [0.1, 0.15) is 20.3 Å². The molecule has 0 saturated carbocycles. The number of benzene rings is 3. The Bertz CT molecular complexity index is 851. The molecule has 1 radical (unpaired) electrons. The summed E-state index contributed by atoms with van der Waals surface area (Å²) < 4.78 is 6.17. The first kappa shape index (κ1) is 17.0. The second kappa shape index (κ2) is 7.40. The number of fused-ring (bicyclic) bond motifs is 2. The van der Waals surface area contributed by atoms with Gasteiger partial charge in [0.15, 0.2) is 5.69 Å². The molecule has 1 unspecified atom stereocenters. The van der Waals surface area contributed by atoms with Gasteiger partial charge in [0.25, 0.3) is 6.34 Å². The molecule has 3 rings (SSSR count). The minimum absolute atomic E-state index is 0.436. The summed E-state index contributed by atoms with van der Waals surface area (Å²) in [5.41, 5.74) is 0.436. The zero-order valence-electron chi connectivity index (χ0n) is 14.4. The fourth-order valence-corrected chi connectivity index (χ4v) is 2.91. The van der Waals surface area contributed by atoms with Gasteiger partial charge in [-0.25, -0.2) is 0 Å². The third-order valence-corrected chi connectivity index (χ3v) is 4.45. The number of ether oxygens (including phenoxy) is 1. The van der Waals surface area contributed by atoms with E-state index >= 15 is 0 Å². The van der Waals surface area contributed by atoms with Crippen molar-refractivity contribution in [3.8, 4) is 5.75 Å². The second-order valence-corrected chi connectivity index (χ2v) is 6.17. The van der Waals surface area contributed by atoms with Gasteiger partial charge in [0.2, 0.25) is 0 Å². The van der Waals surface area contributed by atoms with E-state index in [0.29, 0.717) is 23.3 Å². The third-order valence-electron chi connectivity index (χ3n) is 4.45. The summed E-state index contributed by atoms with van der Waals surface area (Å²) in [5, 5.41) is 28.5. The Morgan fingerprint density at radius 2 is 1.60 bits per heavy atom. The van der Waals surface area contributed by atoms with Gasteiger partial charge < -0.3 is 9.94 Å². The maximum absolute atomic E-state index is 12.5. The predicted molar refractivity (Wildman–Crippen MR) is 100.0 cm³/mol. The highest BCUT2D eigenvalue weighted by molar-refractivity contribution is 6.17. The Kier molecular flexibility index (Phi) is 5.05. The van der Waals surface area contributed by atoms with E-state index in [1.54, 1.807) is 5.16 Å². The molecule has 5 heteroatoms. The van der Waals surface area contributed by atoms with Gasteiger partial charge in [0.05, 0.1) is 6.61 Å². The van der Waals surface area contributed by atoms with Gasteiger partial charge in [-0.2, -0.15) is 0 Å². The lowest BCUT2D eigenvalue weighted by Crippen LogP contribution is -2.63. The van der Waals surface area contributed by atoms with Crippen LogP contribution in [-0.4, -0.2) is 12.9 Å². The van der Waals surface area contributed by atoms with E-state index in [4.69, 9.17) is 4.74 Å². The average molecular weight is 337 g/mol. The highest BCUT2D eigenvalue weighted by Gasteiger charge is 2.22. The van der Waals surface area contributed by atoms with Crippen LogP contribution in [0.2, 0.25) is 0 Å². The van der Waals surface area contributed by atoms with E-state index in [1.165, 1.54) is 0 Å². The number of nitrogens with zero attached hydrogens (tertiary/aromatic N) is 1. The number of hydrogen-bond acceptors (Lipinski definition) is 2. The maximum Gasteiger partial charge on any atom is 0.274 e. The SMILES string of the molecule is CCC(C)COc1c2ccccc2c(N([O])C=[NH+][O-])c2ccccc12. The van der Waals surface area contributed by atoms with Crippen LogP contribution < -0.4 is 15.0 Å². The molecular weight excluding hydrogens is 316 g/mol. The molecule has 129 valence electrons. The summed E-state index contributed by atoms with van der Waals surface area (Å²) in [7, 11) is 0. The fraction of sp³-hybridized carbons (Fsp3) is 0.250. The Hall–Kier alpha value is -2.79. The van der Waals surface area contributed by atoms with E-state index in [-0.39, 0.29) is 0 Å². The second-order valence-electron chi connectivity index (χ2n) is 6.17. The van der Waals surface area contributed by atoms with Crippen LogP contribution >= 0.6 is 0 Å². The number of hydroxylamine groups is 1. The van der Waals surface area contributed by atoms with Gasteiger partial charge in [0.1, 0.15) is 5.75 Å². The van der Waals surface area contributed by atoms with Crippen LogP contribution in [0.4, 0.5) is 5.69 Å². The molecule has 3 aromatic carbocycles. The van der Waals surface area contributed by atoms with Crippen molar-refractivity contribution in [2.24, 2.45) is 5.92 Å². The van der Waals surface area contributed by atoms with Gasteiger partial charge in [-0.15, -0.1) is 0 Å². The van der Waals surface area contributed by atoms with E-state index in [2.05, 4.69) is 13.8 Å². The van der Waals surface area contributed by atoms with E-state index in [1.807, 2.05) is 48.5 Å². The first-order valence-corrected chi connectivity index (χ1v) is 8.41. The first-order chi connectivity index (χ1) is 12.2. The molecule has 0 amide bonds. The number of anilines is 1. The lowest BCUT2D eigenvalue weighted by molar-refractivity contribution is -0.370. The van der Waals surface area contributed by atoms with Crippen molar-refractivity contribution in [2.75, 3.05) is 11.7 Å². The summed E-state index contributed by atoms with van der Waals surface area (Å²) in [6, 6.07) is 15.2. The van der Waals surface area contributed by atoms with Gasteiger partial charge in [0, 0.05) is 26.8 Å². The predicted octanol–water partition coefficient (Wildman–Crippen LogP) is 3.18. The number of hydrogen-bond donors (Lipinski definition) is 1. The highest BCUT2D eigenvalue weighted by atomic mass is 16.5. The third kappa shape index (κ3) is 3.23. The molecule has 0 aromatic heterocycles. The Balaban J connectivity index is 2.30. The van der Waals surface area contributed by atoms with Crippen molar-refractivity contribution in [1.29, 1.82) is 0 Å². The number of rotatable bonds is 6. The van der Waals surface area contributed by atoms with Crippen LogP contribution in [-0.2, 0) is 5.21 Å².